The van der Waals surface area contributed by atoms with Gasteiger partial charge in [-0.2, -0.15) is 0 Å². The summed E-state index contributed by atoms with van der Waals surface area (Å²) in [5.41, 5.74) is 1.72. The molecule has 0 fully saturated rings. The molecule has 0 unspecified atom stereocenters. The van der Waals surface area contributed by atoms with Crippen LogP contribution in [-0.2, 0) is 0 Å². The van der Waals surface area contributed by atoms with Crippen LogP contribution >= 0.6 is 0 Å². The molecule has 58 valence electrons. The number of carbonyl (C=O) groups excluding carboxylic acids is 1. The lowest BCUT2D eigenvalue weighted by atomic mass is 10.3. The fraction of sp³-hybridized carbons (Fsp3) is 0. The van der Waals surface area contributed by atoms with Gasteiger partial charge in [-0.05, 0) is 6.07 Å². The first-order chi connectivity index (χ1) is 5.24. The van der Waals surface area contributed by atoms with Gasteiger partial charge >= 0.3 is 0 Å². The van der Waals surface area contributed by atoms with Gasteiger partial charge in [-0.3, -0.25) is 15.0 Å². The van der Waals surface area contributed by atoms with E-state index in [9.17, 15) is 9.59 Å². The van der Waals surface area contributed by atoms with Crippen LogP contribution in [0.25, 0.3) is 0 Å². The van der Waals surface area contributed by atoms with Gasteiger partial charge in [-0.15, -0.1) is 0 Å². The quantitative estimate of drug-likeness (QED) is 0.274. The molecule has 0 aromatic carbocycles. The number of aromatic amines is 1. The predicted molar refractivity (Wildman–Crippen MR) is 38.7 cm³/mol. The zero-order valence-corrected chi connectivity index (χ0v) is 5.63. The van der Waals surface area contributed by atoms with E-state index in [-0.39, 0.29) is 11.3 Å². The number of hydrogen-bond donors (Lipinski definition) is 3. The number of pyridine rings is 1. The lowest BCUT2D eigenvalue weighted by Gasteiger charge is -1.96. The van der Waals surface area contributed by atoms with Gasteiger partial charge in [0.25, 0.3) is 5.91 Å². The Labute approximate surface area is 62.2 Å². The molecule has 0 aliphatic rings. The highest BCUT2D eigenvalue weighted by molar-refractivity contribution is 5.91. The minimum absolute atomic E-state index is 0.153. The van der Waals surface area contributed by atoms with Crippen LogP contribution in [0.5, 0.6) is 0 Å². The van der Waals surface area contributed by atoms with Crippen molar-refractivity contribution in [2.45, 2.75) is 0 Å². The van der Waals surface area contributed by atoms with Crippen LogP contribution in [0.4, 0.5) is 0 Å². The Morgan fingerprint density at radius 3 is 2.82 bits per heavy atom. The first kappa shape index (κ1) is 7.49. The van der Waals surface area contributed by atoms with Gasteiger partial charge in [0.15, 0.2) is 0 Å². The molecule has 4 N–H and O–H groups in total. The first-order valence-corrected chi connectivity index (χ1v) is 2.94. The van der Waals surface area contributed by atoms with Gasteiger partial charge in [0.1, 0.15) is 5.69 Å². The van der Waals surface area contributed by atoms with Crippen LogP contribution in [0.1, 0.15) is 10.5 Å². The molecule has 1 aromatic rings. The molecule has 0 aliphatic carbocycles. The molecule has 0 aliphatic heterocycles. The number of hydrogen-bond acceptors (Lipinski definition) is 3. The standard InChI is InChI=1S/C6H7N3O2/c7-9-6(11)4-2-1-3-5(10)8-4/h1-3H,7H2,(H,8,10)(H,9,11). The lowest BCUT2D eigenvalue weighted by molar-refractivity contribution is 0.0948. The smallest absolute Gasteiger partial charge is 0.281 e. The molecule has 11 heavy (non-hydrogen) atoms. The topological polar surface area (TPSA) is 88.0 Å². The molecule has 0 spiro atoms. The lowest BCUT2D eigenvalue weighted by Crippen LogP contribution is -2.31. The van der Waals surface area contributed by atoms with Gasteiger partial charge in [0, 0.05) is 6.07 Å². The Morgan fingerprint density at radius 1 is 1.55 bits per heavy atom. The minimum Gasteiger partial charge on any atom is -0.318 e. The first-order valence-electron chi connectivity index (χ1n) is 2.94. The van der Waals surface area contributed by atoms with Crippen molar-refractivity contribution < 1.29 is 4.79 Å². The Kier molecular flexibility index (Phi) is 2.03. The third kappa shape index (κ3) is 1.65. The average Bonchev–Trinajstić information content (AvgIpc) is 2.03. The maximum absolute atomic E-state index is 10.8. The second-order valence-electron chi connectivity index (χ2n) is 1.90. The number of aromatic nitrogens is 1. The fourth-order valence-corrected chi connectivity index (χ4v) is 0.658. The maximum atomic E-state index is 10.8. The second-order valence-corrected chi connectivity index (χ2v) is 1.90. The van der Waals surface area contributed by atoms with Gasteiger partial charge in [0.05, 0.1) is 0 Å². The van der Waals surface area contributed by atoms with E-state index in [2.05, 4.69) is 4.98 Å². The van der Waals surface area contributed by atoms with Crippen LogP contribution in [0.15, 0.2) is 23.0 Å². The Morgan fingerprint density at radius 2 is 2.27 bits per heavy atom. The zero-order chi connectivity index (χ0) is 8.27. The van der Waals surface area contributed by atoms with Crippen molar-refractivity contribution in [3.05, 3.63) is 34.2 Å². The van der Waals surface area contributed by atoms with Crippen LogP contribution < -0.4 is 16.8 Å². The number of hydrazine groups is 1. The molecule has 0 radical (unpaired) electrons. The molecule has 1 amide bonds. The van der Waals surface area contributed by atoms with Crippen molar-refractivity contribution in [1.82, 2.24) is 10.4 Å². The zero-order valence-electron chi connectivity index (χ0n) is 5.63. The number of nitrogens with one attached hydrogen (secondary N) is 2. The summed E-state index contributed by atoms with van der Waals surface area (Å²) >= 11 is 0. The highest BCUT2D eigenvalue weighted by atomic mass is 16.2. The summed E-state index contributed by atoms with van der Waals surface area (Å²) in [5.74, 6) is 4.32. The molecular formula is C6H7N3O2. The van der Waals surface area contributed by atoms with Crippen LogP contribution in [0.2, 0.25) is 0 Å². The summed E-state index contributed by atoms with van der Waals surface area (Å²) in [5, 5.41) is 0. The minimum atomic E-state index is -0.511. The monoisotopic (exact) mass is 153 g/mol. The van der Waals surface area contributed by atoms with Gasteiger partial charge in [-0.25, -0.2) is 5.84 Å². The number of H-pyrrole nitrogens is 1. The summed E-state index contributed by atoms with van der Waals surface area (Å²) < 4.78 is 0. The van der Waals surface area contributed by atoms with Crippen molar-refractivity contribution in [2.75, 3.05) is 0 Å². The molecule has 0 saturated heterocycles. The van der Waals surface area contributed by atoms with E-state index in [0.29, 0.717) is 0 Å². The van der Waals surface area contributed by atoms with Crippen LogP contribution in [0, 0.1) is 0 Å². The molecule has 5 nitrogen and oxygen atoms in total. The summed E-state index contributed by atoms with van der Waals surface area (Å²) in [6.07, 6.45) is 0. The van der Waals surface area contributed by atoms with E-state index in [1.165, 1.54) is 18.2 Å². The normalized spacial score (nSPS) is 9.18. The molecule has 0 bridgehead atoms. The van der Waals surface area contributed by atoms with Gasteiger partial charge < -0.3 is 4.98 Å². The molecular weight excluding hydrogens is 146 g/mol. The van der Waals surface area contributed by atoms with Gasteiger partial charge in [0.2, 0.25) is 5.56 Å². The number of rotatable bonds is 1. The SMILES string of the molecule is NNC(=O)c1cccc(=O)[nH]1. The third-order valence-electron chi connectivity index (χ3n) is 1.14. The number of carbonyl (C=O) groups is 1. The van der Waals surface area contributed by atoms with Crippen molar-refractivity contribution in [1.29, 1.82) is 0 Å². The summed E-state index contributed by atoms with van der Waals surface area (Å²) in [7, 11) is 0. The summed E-state index contributed by atoms with van der Waals surface area (Å²) in [6, 6.07) is 4.25. The predicted octanol–water partition coefficient (Wildman–Crippen LogP) is -1.02. The van der Waals surface area contributed by atoms with Crippen LogP contribution in [0.3, 0.4) is 0 Å². The molecule has 5 heteroatoms. The maximum Gasteiger partial charge on any atom is 0.281 e. The van der Waals surface area contributed by atoms with Crippen molar-refractivity contribution in [3.8, 4) is 0 Å². The summed E-state index contributed by atoms with van der Waals surface area (Å²) in [4.78, 5) is 23.7. The molecule has 1 rings (SSSR count). The Hall–Kier alpha value is -1.62. The van der Waals surface area contributed by atoms with Gasteiger partial charge in [-0.1, -0.05) is 6.07 Å². The highest BCUT2D eigenvalue weighted by Gasteiger charge is 2.01. The number of amides is 1. The van der Waals surface area contributed by atoms with Crippen molar-refractivity contribution >= 4 is 5.91 Å². The highest BCUT2D eigenvalue weighted by Crippen LogP contribution is 1.87. The number of nitrogens with two attached hydrogens (primary N) is 1. The molecule has 0 saturated carbocycles. The molecule has 0 atom stereocenters. The van der Waals surface area contributed by atoms with E-state index in [0.717, 1.165) is 0 Å². The van der Waals surface area contributed by atoms with E-state index < -0.39 is 5.91 Å². The van der Waals surface area contributed by atoms with Crippen molar-refractivity contribution in [3.63, 3.8) is 0 Å². The molecule has 1 heterocycles. The average molecular weight is 153 g/mol. The number of nitrogen functional groups attached to an aromatic ring is 1. The fourth-order valence-electron chi connectivity index (χ4n) is 0.658. The van der Waals surface area contributed by atoms with Crippen molar-refractivity contribution in [2.24, 2.45) is 5.84 Å². The van der Waals surface area contributed by atoms with Crippen LogP contribution in [-0.4, -0.2) is 10.9 Å². The molecule has 1 aromatic heterocycles. The van der Waals surface area contributed by atoms with E-state index in [1.54, 1.807) is 0 Å². The largest absolute Gasteiger partial charge is 0.318 e. The Bertz CT molecular complexity index is 318. The Balaban J connectivity index is 3.05. The summed E-state index contributed by atoms with van der Waals surface area (Å²) in [6.45, 7) is 0. The van der Waals surface area contributed by atoms with E-state index in [1.807, 2.05) is 5.43 Å². The third-order valence-corrected chi connectivity index (χ3v) is 1.14. The van der Waals surface area contributed by atoms with E-state index >= 15 is 0 Å². The second kappa shape index (κ2) is 2.98. The van der Waals surface area contributed by atoms with E-state index in [4.69, 9.17) is 5.84 Å².